The van der Waals surface area contributed by atoms with Crippen LogP contribution < -0.4 is 10.2 Å². The number of halogens is 3. The van der Waals surface area contributed by atoms with Gasteiger partial charge >= 0.3 is 12.3 Å². The fourth-order valence-corrected chi connectivity index (χ4v) is 3.52. The molecule has 1 saturated heterocycles. The molecule has 0 radical (unpaired) electrons. The molecule has 3 aromatic rings. The summed E-state index contributed by atoms with van der Waals surface area (Å²) < 4.78 is 39.0. The van der Waals surface area contributed by atoms with Crippen LogP contribution in [-0.4, -0.2) is 62.2 Å². The van der Waals surface area contributed by atoms with Gasteiger partial charge in [-0.3, -0.25) is 10.1 Å². The second-order valence-electron chi connectivity index (χ2n) is 7.56. The summed E-state index contributed by atoms with van der Waals surface area (Å²) in [4.78, 5) is 37.6. The first kappa shape index (κ1) is 23.7. The highest BCUT2D eigenvalue weighted by atomic mass is 19.4. The Hall–Kier alpha value is -4.49. The number of hydrogen-bond acceptors (Lipinski definition) is 8. The summed E-state index contributed by atoms with van der Waals surface area (Å²) in [5.74, 6) is 0.301. The summed E-state index contributed by atoms with van der Waals surface area (Å²) in [5.41, 5.74) is -0.568. The van der Waals surface area contributed by atoms with Crippen LogP contribution in [0.5, 0.6) is 0 Å². The van der Waals surface area contributed by atoms with Crippen LogP contribution >= 0.6 is 0 Å². The minimum atomic E-state index is -4.58. The molecule has 35 heavy (non-hydrogen) atoms. The lowest BCUT2D eigenvalue weighted by atomic mass is 10.1. The van der Waals surface area contributed by atoms with Gasteiger partial charge in [0, 0.05) is 50.2 Å². The Morgan fingerprint density at radius 2 is 1.74 bits per heavy atom. The van der Waals surface area contributed by atoms with Crippen LogP contribution in [0.3, 0.4) is 0 Å². The zero-order valence-corrected chi connectivity index (χ0v) is 17.9. The van der Waals surface area contributed by atoms with E-state index in [9.17, 15) is 28.1 Å². The van der Waals surface area contributed by atoms with Gasteiger partial charge in [0.05, 0.1) is 22.2 Å². The summed E-state index contributed by atoms with van der Waals surface area (Å²) in [5, 5.41) is 23.2. The van der Waals surface area contributed by atoms with Crippen LogP contribution in [0, 0.1) is 10.1 Å². The Morgan fingerprint density at radius 3 is 2.40 bits per heavy atom. The number of carboxylic acid groups (broad SMARTS) is 1. The maximum Gasteiger partial charge on any atom is 0.416 e. The summed E-state index contributed by atoms with van der Waals surface area (Å²) in [6.45, 7) is 1.43. The number of anilines is 3. The van der Waals surface area contributed by atoms with Crippen molar-refractivity contribution in [1.82, 2.24) is 19.9 Å². The number of nitro groups is 1. The molecule has 0 aliphatic carbocycles. The van der Waals surface area contributed by atoms with Crippen LogP contribution in [0.15, 0.2) is 48.8 Å². The predicted molar refractivity (Wildman–Crippen MR) is 118 cm³/mol. The number of nitrogens with zero attached hydrogens (tertiary/aromatic N) is 6. The molecule has 1 amide bonds. The van der Waals surface area contributed by atoms with Crippen molar-refractivity contribution < 1.29 is 28.0 Å². The molecular weight excluding hydrogens is 471 g/mol. The molecule has 0 atom stereocenters. The van der Waals surface area contributed by atoms with Crippen molar-refractivity contribution >= 4 is 29.2 Å². The van der Waals surface area contributed by atoms with E-state index in [0.29, 0.717) is 37.6 Å². The Kier molecular flexibility index (Phi) is 6.36. The molecule has 0 aromatic carbocycles. The molecule has 4 heterocycles. The second kappa shape index (κ2) is 9.40. The number of aromatic nitrogens is 3. The van der Waals surface area contributed by atoms with E-state index in [-0.39, 0.29) is 23.0 Å². The van der Waals surface area contributed by atoms with E-state index in [2.05, 4.69) is 20.3 Å². The lowest BCUT2D eigenvalue weighted by Crippen LogP contribution is -2.48. The number of carbonyl (C=O) groups is 1. The van der Waals surface area contributed by atoms with Gasteiger partial charge in [-0.15, -0.1) is 0 Å². The lowest BCUT2D eigenvalue weighted by Gasteiger charge is -2.33. The van der Waals surface area contributed by atoms with E-state index >= 15 is 0 Å². The number of hydrogen-bond donors (Lipinski definition) is 2. The van der Waals surface area contributed by atoms with Crippen molar-refractivity contribution in [2.75, 3.05) is 36.4 Å². The van der Waals surface area contributed by atoms with Gasteiger partial charge in [0.1, 0.15) is 17.5 Å². The predicted octanol–water partition coefficient (Wildman–Crippen LogP) is 4.01. The van der Waals surface area contributed by atoms with E-state index in [4.69, 9.17) is 5.11 Å². The average Bonchev–Trinajstić information content (AvgIpc) is 2.83. The van der Waals surface area contributed by atoms with Gasteiger partial charge in [-0.25, -0.2) is 19.7 Å². The van der Waals surface area contributed by atoms with Crippen LogP contribution in [0.2, 0.25) is 0 Å². The molecule has 2 N–H and O–H groups in total. The molecule has 4 rings (SSSR count). The van der Waals surface area contributed by atoms with Gasteiger partial charge in [0.2, 0.25) is 0 Å². The average molecular weight is 489 g/mol. The summed E-state index contributed by atoms with van der Waals surface area (Å²) >= 11 is 0. The second-order valence-corrected chi connectivity index (χ2v) is 7.56. The van der Waals surface area contributed by atoms with E-state index in [1.165, 1.54) is 17.2 Å². The van der Waals surface area contributed by atoms with Crippen molar-refractivity contribution in [3.8, 4) is 11.3 Å². The smallest absolute Gasteiger partial charge is 0.416 e. The molecule has 0 unspecified atom stereocenters. The molecule has 0 saturated carbocycles. The van der Waals surface area contributed by atoms with Crippen molar-refractivity contribution in [2.45, 2.75) is 6.18 Å². The summed E-state index contributed by atoms with van der Waals surface area (Å²) in [7, 11) is 0. The SMILES string of the molecule is O=C(O)N1CCN(c2cc(-c3cc([N+](=O)[O-])cc(Nc4cc(C(F)(F)F)ccn4)n3)ccn2)CC1. The van der Waals surface area contributed by atoms with Crippen LogP contribution in [0.1, 0.15) is 5.56 Å². The lowest BCUT2D eigenvalue weighted by molar-refractivity contribution is -0.384. The Balaban J connectivity index is 1.63. The van der Waals surface area contributed by atoms with Gasteiger partial charge in [0.15, 0.2) is 0 Å². The maximum atomic E-state index is 13.0. The normalized spacial score (nSPS) is 14.0. The molecule has 0 bridgehead atoms. The van der Waals surface area contributed by atoms with E-state index < -0.39 is 22.8 Å². The number of nitrogens with one attached hydrogen (secondary N) is 1. The van der Waals surface area contributed by atoms with Crippen molar-refractivity contribution in [3.63, 3.8) is 0 Å². The third-order valence-corrected chi connectivity index (χ3v) is 5.28. The number of rotatable bonds is 5. The zero-order valence-electron chi connectivity index (χ0n) is 17.9. The molecule has 3 aromatic heterocycles. The summed E-state index contributed by atoms with van der Waals surface area (Å²) in [6.07, 6.45) is -3.11. The molecule has 182 valence electrons. The van der Waals surface area contributed by atoms with Gasteiger partial charge in [-0.1, -0.05) is 0 Å². The standard InChI is InChI=1S/C21H18F3N7O4/c22-21(23,24)14-2-4-25-17(10-14)28-18-12-15(31(34)35)11-16(27-18)13-1-3-26-19(9-13)29-5-7-30(8-6-29)20(32)33/h1-4,9-12H,5-8H2,(H,32,33)(H,25,27,28). The van der Waals surface area contributed by atoms with Crippen LogP contribution in [-0.2, 0) is 6.18 Å². The topological polar surface area (TPSA) is 138 Å². The van der Waals surface area contributed by atoms with Crippen molar-refractivity contribution in [1.29, 1.82) is 0 Å². The first-order chi connectivity index (χ1) is 16.6. The van der Waals surface area contributed by atoms with E-state index in [1.807, 2.05) is 4.90 Å². The van der Waals surface area contributed by atoms with Crippen molar-refractivity contribution in [3.05, 3.63) is 64.5 Å². The van der Waals surface area contributed by atoms with Crippen molar-refractivity contribution in [2.24, 2.45) is 0 Å². The summed E-state index contributed by atoms with van der Waals surface area (Å²) in [6, 6.07) is 7.18. The number of piperazine rings is 1. The molecule has 1 aliphatic rings. The highest BCUT2D eigenvalue weighted by Gasteiger charge is 2.31. The quantitative estimate of drug-likeness (QED) is 0.402. The Labute approximate surface area is 196 Å². The van der Waals surface area contributed by atoms with Gasteiger partial charge < -0.3 is 20.2 Å². The minimum absolute atomic E-state index is 0.0607. The van der Waals surface area contributed by atoms with Gasteiger partial charge in [-0.2, -0.15) is 13.2 Å². The number of amides is 1. The third-order valence-electron chi connectivity index (χ3n) is 5.28. The largest absolute Gasteiger partial charge is 0.465 e. The highest BCUT2D eigenvalue weighted by molar-refractivity contribution is 5.70. The first-order valence-corrected chi connectivity index (χ1v) is 10.3. The van der Waals surface area contributed by atoms with E-state index in [0.717, 1.165) is 24.4 Å². The Bertz CT molecular complexity index is 1260. The molecule has 11 nitrogen and oxygen atoms in total. The Morgan fingerprint density at radius 1 is 1.03 bits per heavy atom. The fourth-order valence-electron chi connectivity index (χ4n) is 3.52. The third kappa shape index (κ3) is 5.54. The van der Waals surface area contributed by atoms with Gasteiger partial charge in [-0.05, 0) is 24.3 Å². The first-order valence-electron chi connectivity index (χ1n) is 10.3. The van der Waals surface area contributed by atoms with Gasteiger partial charge in [0.25, 0.3) is 5.69 Å². The molecule has 0 spiro atoms. The molecule has 14 heteroatoms. The monoisotopic (exact) mass is 489 g/mol. The van der Waals surface area contributed by atoms with Crippen LogP contribution in [0.25, 0.3) is 11.3 Å². The van der Waals surface area contributed by atoms with Crippen LogP contribution in [0.4, 0.5) is 41.1 Å². The maximum absolute atomic E-state index is 13.0. The highest BCUT2D eigenvalue weighted by Crippen LogP contribution is 2.32. The molecular formula is C21H18F3N7O4. The number of pyridine rings is 3. The van der Waals surface area contributed by atoms with E-state index in [1.54, 1.807) is 12.1 Å². The molecule has 1 aliphatic heterocycles. The fraction of sp³-hybridized carbons (Fsp3) is 0.238. The minimum Gasteiger partial charge on any atom is -0.465 e. The number of alkyl halides is 3. The molecule has 1 fully saturated rings. The zero-order chi connectivity index (χ0) is 25.2.